The number of hydrogen-bond donors (Lipinski definition) is 2. The first-order valence-corrected chi connectivity index (χ1v) is 24.5. The molecular weight excluding hydrogens is 928 g/mol. The zero-order valence-electron chi connectivity index (χ0n) is 35.3. The van der Waals surface area contributed by atoms with Gasteiger partial charge in [0.1, 0.15) is 49.8 Å². The molecule has 0 fully saturated rings. The summed E-state index contributed by atoms with van der Waals surface area (Å²) in [6, 6.07) is 38.8. The van der Waals surface area contributed by atoms with E-state index in [1.807, 2.05) is 60.7 Å². The maximum absolute atomic E-state index is 13.2. The summed E-state index contributed by atoms with van der Waals surface area (Å²) in [6.45, 7) is 2.34. The zero-order chi connectivity index (χ0) is 47.0. The van der Waals surface area contributed by atoms with Gasteiger partial charge >= 0.3 is 36.8 Å². The molecule has 0 aliphatic heterocycles. The predicted molar refractivity (Wildman–Crippen MR) is 256 cm³/mol. The number of ether oxygens (including phenoxy) is 5. The third kappa shape index (κ3) is 18.8. The van der Waals surface area contributed by atoms with Crippen LogP contribution < -0.4 is 24.2 Å². The van der Waals surface area contributed by atoms with Crippen molar-refractivity contribution >= 4 is 83.5 Å². The summed E-state index contributed by atoms with van der Waals surface area (Å²) >= 11 is 9.10. The highest BCUT2D eigenvalue weighted by Crippen LogP contribution is 2.50. The van der Waals surface area contributed by atoms with E-state index in [1.165, 1.54) is 24.3 Å². The Bertz CT molecular complexity index is 2290. The molecule has 66 heavy (non-hydrogen) atoms. The van der Waals surface area contributed by atoms with Gasteiger partial charge in [0, 0.05) is 56.6 Å². The maximum Gasteiger partial charge on any atom is 0.490 e. The van der Waals surface area contributed by atoms with Crippen molar-refractivity contribution < 1.29 is 61.2 Å². The molecule has 0 aliphatic rings. The highest BCUT2D eigenvalue weighted by Gasteiger charge is 2.27. The first-order chi connectivity index (χ1) is 32.0. The summed E-state index contributed by atoms with van der Waals surface area (Å²) in [5.74, 6) is 0.0447. The predicted octanol–water partition coefficient (Wildman–Crippen LogP) is 10.0. The van der Waals surface area contributed by atoms with Crippen LogP contribution in [-0.2, 0) is 56.3 Å². The van der Waals surface area contributed by atoms with Crippen molar-refractivity contribution in [1.82, 2.24) is 0 Å². The number of amides is 2. The third-order valence-electron chi connectivity index (χ3n) is 8.24. The maximum atomic E-state index is 13.2. The molecule has 0 spiro atoms. The van der Waals surface area contributed by atoms with E-state index in [1.54, 1.807) is 72.1 Å². The molecule has 19 heteroatoms. The summed E-state index contributed by atoms with van der Waals surface area (Å²) < 4.78 is 44.2. The molecule has 5 aromatic rings. The van der Waals surface area contributed by atoms with Gasteiger partial charge in [-0.05, 0) is 90.5 Å². The smallest absolute Gasteiger partial charge is 0.462 e. The standard InChI is InChI=1S/C47H45N2O13PS3/c1-3-43(50)55-27-28-57-45(52)31-34-15-21-37(22-16-34)60-63(64,61-38-23-17-35(18-24-38)48-46(53)58-30-29-56-44(51)4-2)62-39-25-19-36(20-26-39)49-47(54)59-40(32-65-41-11-7-5-8-12-41)33-66-42-13-9-6-10-14-42/h3-26,40H,1-2,27-33H2,(H,48,53)(H,49,54). The van der Waals surface area contributed by atoms with Gasteiger partial charge in [0.05, 0.1) is 6.42 Å². The Hall–Kier alpha value is -6.72. The Morgan fingerprint density at radius 1 is 0.545 bits per heavy atom. The normalized spacial score (nSPS) is 11.4. The van der Waals surface area contributed by atoms with E-state index in [0.717, 1.165) is 21.9 Å². The summed E-state index contributed by atoms with van der Waals surface area (Å²) in [6.07, 6.45) is 0.126. The average Bonchev–Trinajstić information content (AvgIpc) is 3.32. The lowest BCUT2D eigenvalue weighted by Crippen LogP contribution is -2.26. The van der Waals surface area contributed by atoms with Crippen LogP contribution in [0.15, 0.2) is 169 Å². The fraction of sp³-hybridized carbons (Fsp3) is 0.170. The molecule has 5 rings (SSSR count). The number of thioether (sulfide) groups is 2. The van der Waals surface area contributed by atoms with Crippen LogP contribution in [0.4, 0.5) is 21.0 Å². The molecule has 1 unspecified atom stereocenters. The quantitative estimate of drug-likeness (QED) is 0.0141. The molecule has 344 valence electrons. The van der Waals surface area contributed by atoms with Gasteiger partial charge in [-0.3, -0.25) is 15.4 Å². The van der Waals surface area contributed by atoms with E-state index in [0.29, 0.717) is 28.4 Å². The molecule has 0 aromatic heterocycles. The third-order valence-corrected chi connectivity index (χ3v) is 12.5. The Balaban J connectivity index is 1.23. The topological polar surface area (TPSA) is 183 Å². The highest BCUT2D eigenvalue weighted by atomic mass is 32.5. The van der Waals surface area contributed by atoms with Crippen molar-refractivity contribution in [3.05, 3.63) is 164 Å². The highest BCUT2D eigenvalue weighted by molar-refractivity contribution is 8.08. The molecule has 0 heterocycles. The van der Waals surface area contributed by atoms with Crippen LogP contribution in [0.5, 0.6) is 17.2 Å². The number of anilines is 2. The number of nitrogens with one attached hydrogen (secondary N) is 2. The van der Waals surface area contributed by atoms with Crippen LogP contribution in [0.2, 0.25) is 0 Å². The number of carbonyl (C=O) groups is 5. The van der Waals surface area contributed by atoms with Crippen LogP contribution in [0.1, 0.15) is 5.56 Å². The molecule has 0 saturated carbocycles. The van der Waals surface area contributed by atoms with Gasteiger partial charge in [-0.2, -0.15) is 0 Å². The van der Waals surface area contributed by atoms with Crippen LogP contribution >= 0.6 is 30.2 Å². The molecule has 0 aliphatic carbocycles. The van der Waals surface area contributed by atoms with E-state index < -0.39 is 42.9 Å². The van der Waals surface area contributed by atoms with Gasteiger partial charge in [0.15, 0.2) is 0 Å². The van der Waals surface area contributed by atoms with Crippen LogP contribution in [0, 0.1) is 0 Å². The zero-order valence-corrected chi connectivity index (χ0v) is 38.6. The first kappa shape index (κ1) is 50.3. The van der Waals surface area contributed by atoms with E-state index in [-0.39, 0.29) is 50.1 Å². The SMILES string of the molecule is C=CC(=O)OCCOC(=O)Cc1ccc(OP(=S)(Oc2ccc(NC(=O)OCCOC(=O)C=C)cc2)Oc2ccc(NC(=O)OC(CSc3ccccc3)CSc3ccccc3)cc2)cc1. The molecule has 0 bridgehead atoms. The number of esters is 3. The van der Waals surface area contributed by atoms with Crippen molar-refractivity contribution in [1.29, 1.82) is 0 Å². The van der Waals surface area contributed by atoms with Crippen molar-refractivity contribution in [3.63, 3.8) is 0 Å². The lowest BCUT2D eigenvalue weighted by atomic mass is 10.1. The summed E-state index contributed by atoms with van der Waals surface area (Å²) in [5, 5.41) is 5.34. The Morgan fingerprint density at radius 2 is 0.955 bits per heavy atom. The fourth-order valence-corrected chi connectivity index (χ4v) is 9.20. The van der Waals surface area contributed by atoms with Gasteiger partial charge in [-0.1, -0.05) is 61.7 Å². The van der Waals surface area contributed by atoms with Crippen molar-refractivity contribution in [2.24, 2.45) is 0 Å². The molecule has 15 nitrogen and oxygen atoms in total. The average molecular weight is 973 g/mol. The number of benzene rings is 5. The van der Waals surface area contributed by atoms with Crippen molar-refractivity contribution in [3.8, 4) is 17.2 Å². The van der Waals surface area contributed by atoms with E-state index in [9.17, 15) is 24.0 Å². The molecular formula is C47H45N2O13PS3. The molecule has 0 radical (unpaired) electrons. The Morgan fingerprint density at radius 3 is 1.41 bits per heavy atom. The van der Waals surface area contributed by atoms with E-state index in [2.05, 4.69) is 23.8 Å². The lowest BCUT2D eigenvalue weighted by molar-refractivity contribution is -0.149. The second-order valence-electron chi connectivity index (χ2n) is 13.2. The van der Waals surface area contributed by atoms with E-state index >= 15 is 0 Å². The molecule has 2 amide bonds. The van der Waals surface area contributed by atoms with Gasteiger partial charge < -0.3 is 37.3 Å². The van der Waals surface area contributed by atoms with Crippen molar-refractivity contribution in [2.75, 3.05) is 48.6 Å². The van der Waals surface area contributed by atoms with Crippen molar-refractivity contribution in [2.45, 2.75) is 22.3 Å². The summed E-state index contributed by atoms with van der Waals surface area (Å²) in [5.41, 5.74) is 1.39. The van der Waals surface area contributed by atoms with Crippen LogP contribution in [0.3, 0.4) is 0 Å². The second kappa shape index (κ2) is 26.9. The summed E-state index contributed by atoms with van der Waals surface area (Å²) in [4.78, 5) is 62.3. The fourth-order valence-electron chi connectivity index (χ4n) is 5.20. The number of hydrogen-bond acceptors (Lipinski definition) is 16. The molecule has 1 atom stereocenters. The van der Waals surface area contributed by atoms with Crippen LogP contribution in [0.25, 0.3) is 0 Å². The number of rotatable bonds is 25. The largest absolute Gasteiger partial charge is 0.490 e. The van der Waals surface area contributed by atoms with Gasteiger partial charge in [-0.15, -0.1) is 23.5 Å². The van der Waals surface area contributed by atoms with E-state index in [4.69, 9.17) is 49.1 Å². The molecule has 0 saturated heterocycles. The first-order valence-electron chi connectivity index (χ1n) is 20.0. The van der Waals surface area contributed by atoms with Crippen LogP contribution in [-0.4, -0.2) is 74.1 Å². The Kier molecular flexibility index (Phi) is 20.5. The number of carbonyl (C=O) groups excluding carboxylic acids is 5. The Labute approximate surface area is 395 Å². The summed E-state index contributed by atoms with van der Waals surface area (Å²) in [7, 11) is 0. The minimum atomic E-state index is -3.74. The van der Waals surface area contributed by atoms with Gasteiger partial charge in [0.25, 0.3) is 0 Å². The lowest BCUT2D eigenvalue weighted by Gasteiger charge is -2.23. The molecule has 5 aromatic carbocycles. The molecule has 2 N–H and O–H groups in total. The van der Waals surface area contributed by atoms with Gasteiger partial charge in [-0.25, -0.2) is 19.2 Å². The second-order valence-corrected chi connectivity index (χ2v) is 18.2. The van der Waals surface area contributed by atoms with Gasteiger partial charge in [0.2, 0.25) is 0 Å². The minimum absolute atomic E-state index is 0.0680. The monoisotopic (exact) mass is 972 g/mol. The minimum Gasteiger partial charge on any atom is -0.462 e.